The Morgan fingerprint density at radius 2 is 1.81 bits per heavy atom. The molecule has 0 bridgehead atoms. The number of hydrogen-bond donors (Lipinski definition) is 2. The molecule has 3 aromatic rings. The number of benzene rings is 1. The van der Waals surface area contributed by atoms with Gasteiger partial charge in [-0.3, -0.25) is 0 Å². The van der Waals surface area contributed by atoms with Crippen molar-refractivity contribution in [1.29, 1.82) is 5.26 Å². The SMILES string of the molecule is CC(C)(C)c1nc(-n2ncc(-c3ccc(C#N)cc3)c2O)ccc1C(=O)O. The Bertz CT molecular complexity index is 1050. The number of carbonyl (C=O) groups is 1. The molecule has 0 atom stereocenters. The molecule has 0 fully saturated rings. The van der Waals surface area contributed by atoms with Crippen molar-refractivity contribution in [2.75, 3.05) is 0 Å². The summed E-state index contributed by atoms with van der Waals surface area (Å²) in [6.45, 7) is 5.62. The average molecular weight is 362 g/mol. The van der Waals surface area contributed by atoms with E-state index in [2.05, 4.69) is 10.1 Å². The molecule has 2 aromatic heterocycles. The second-order valence-electron chi connectivity index (χ2n) is 7.10. The van der Waals surface area contributed by atoms with E-state index >= 15 is 0 Å². The predicted octanol–water partition coefficient (Wildman–Crippen LogP) is 3.51. The highest BCUT2D eigenvalue weighted by Crippen LogP contribution is 2.32. The Labute approximate surface area is 156 Å². The van der Waals surface area contributed by atoms with Crippen molar-refractivity contribution in [2.45, 2.75) is 26.2 Å². The second-order valence-corrected chi connectivity index (χ2v) is 7.10. The van der Waals surface area contributed by atoms with Crippen molar-refractivity contribution in [3.63, 3.8) is 0 Å². The number of pyridine rings is 1. The molecular formula is C20H18N4O3. The molecule has 0 saturated heterocycles. The van der Waals surface area contributed by atoms with Gasteiger partial charge in [-0.2, -0.15) is 15.0 Å². The molecular weight excluding hydrogens is 344 g/mol. The number of aromatic carboxylic acids is 1. The lowest BCUT2D eigenvalue weighted by Crippen LogP contribution is -2.20. The van der Waals surface area contributed by atoms with Crippen LogP contribution in [0.25, 0.3) is 16.9 Å². The van der Waals surface area contributed by atoms with Gasteiger partial charge in [-0.25, -0.2) is 9.78 Å². The minimum atomic E-state index is -1.05. The van der Waals surface area contributed by atoms with Gasteiger partial charge in [0.1, 0.15) is 0 Å². The Morgan fingerprint density at radius 3 is 2.37 bits per heavy atom. The second kappa shape index (κ2) is 6.57. The lowest BCUT2D eigenvalue weighted by atomic mass is 9.88. The highest BCUT2D eigenvalue weighted by molar-refractivity contribution is 5.89. The Kier molecular flexibility index (Phi) is 4.42. The summed E-state index contributed by atoms with van der Waals surface area (Å²) in [7, 11) is 0. The van der Waals surface area contributed by atoms with E-state index in [1.165, 1.54) is 23.0 Å². The monoisotopic (exact) mass is 362 g/mol. The van der Waals surface area contributed by atoms with Crippen LogP contribution in [0.3, 0.4) is 0 Å². The highest BCUT2D eigenvalue weighted by Gasteiger charge is 2.25. The average Bonchev–Trinajstić information content (AvgIpc) is 3.02. The van der Waals surface area contributed by atoms with E-state index in [-0.39, 0.29) is 11.4 Å². The van der Waals surface area contributed by atoms with Gasteiger partial charge in [0.2, 0.25) is 5.88 Å². The van der Waals surface area contributed by atoms with Crippen LogP contribution in [0, 0.1) is 11.3 Å². The summed E-state index contributed by atoms with van der Waals surface area (Å²) < 4.78 is 1.26. The van der Waals surface area contributed by atoms with Crippen LogP contribution in [0.2, 0.25) is 0 Å². The zero-order valence-electron chi connectivity index (χ0n) is 15.1. The third-order valence-corrected chi connectivity index (χ3v) is 4.11. The number of nitriles is 1. The molecule has 7 heteroatoms. The van der Waals surface area contributed by atoms with Gasteiger partial charge in [-0.15, -0.1) is 0 Å². The van der Waals surface area contributed by atoms with E-state index in [0.29, 0.717) is 28.2 Å². The maximum atomic E-state index is 11.5. The van der Waals surface area contributed by atoms with Crippen LogP contribution in [0.4, 0.5) is 0 Å². The Morgan fingerprint density at radius 1 is 1.15 bits per heavy atom. The summed E-state index contributed by atoms with van der Waals surface area (Å²) in [5, 5.41) is 33.1. The largest absolute Gasteiger partial charge is 0.493 e. The lowest BCUT2D eigenvalue weighted by Gasteiger charge is -2.20. The molecule has 0 aliphatic carbocycles. The number of rotatable bonds is 3. The first-order valence-electron chi connectivity index (χ1n) is 8.25. The molecule has 0 spiro atoms. The van der Waals surface area contributed by atoms with Crippen LogP contribution < -0.4 is 0 Å². The molecule has 0 radical (unpaired) electrons. The van der Waals surface area contributed by atoms with Crippen LogP contribution in [0.15, 0.2) is 42.6 Å². The van der Waals surface area contributed by atoms with Gasteiger partial charge in [-0.1, -0.05) is 32.9 Å². The van der Waals surface area contributed by atoms with Crippen molar-refractivity contribution < 1.29 is 15.0 Å². The smallest absolute Gasteiger partial charge is 0.337 e. The third kappa shape index (κ3) is 3.37. The van der Waals surface area contributed by atoms with Gasteiger partial charge in [0.15, 0.2) is 5.82 Å². The third-order valence-electron chi connectivity index (χ3n) is 4.11. The molecule has 2 heterocycles. The van der Waals surface area contributed by atoms with E-state index in [0.717, 1.165) is 0 Å². The molecule has 0 aliphatic rings. The molecule has 0 unspecified atom stereocenters. The summed E-state index contributed by atoms with van der Waals surface area (Å²) >= 11 is 0. The maximum Gasteiger partial charge on any atom is 0.337 e. The number of hydrogen-bond acceptors (Lipinski definition) is 5. The number of aromatic hydroxyl groups is 1. The summed E-state index contributed by atoms with van der Waals surface area (Å²) in [6.07, 6.45) is 1.50. The fourth-order valence-electron chi connectivity index (χ4n) is 2.75. The minimum Gasteiger partial charge on any atom is -0.493 e. The Balaban J connectivity index is 2.09. The molecule has 0 saturated carbocycles. The van der Waals surface area contributed by atoms with Gasteiger partial charge in [0.25, 0.3) is 0 Å². The molecule has 2 N–H and O–H groups in total. The molecule has 1 aromatic carbocycles. The Hall–Kier alpha value is -3.66. The fourth-order valence-corrected chi connectivity index (χ4v) is 2.75. The predicted molar refractivity (Wildman–Crippen MR) is 98.8 cm³/mol. The van der Waals surface area contributed by atoms with Crippen LogP contribution in [0.5, 0.6) is 5.88 Å². The zero-order valence-corrected chi connectivity index (χ0v) is 15.1. The molecule has 136 valence electrons. The van der Waals surface area contributed by atoms with Crippen molar-refractivity contribution in [3.8, 4) is 28.9 Å². The van der Waals surface area contributed by atoms with E-state index in [9.17, 15) is 15.0 Å². The molecule has 0 aliphatic heterocycles. The van der Waals surface area contributed by atoms with E-state index in [1.807, 2.05) is 26.8 Å². The molecule has 7 nitrogen and oxygen atoms in total. The van der Waals surface area contributed by atoms with Gasteiger partial charge in [-0.05, 0) is 29.8 Å². The summed E-state index contributed by atoms with van der Waals surface area (Å²) in [6, 6.07) is 11.8. The first-order valence-corrected chi connectivity index (χ1v) is 8.25. The van der Waals surface area contributed by atoms with E-state index < -0.39 is 11.4 Å². The zero-order chi connectivity index (χ0) is 19.8. The quantitative estimate of drug-likeness (QED) is 0.737. The standard InChI is InChI=1S/C20H18N4O3/c1-20(2,3)17-14(19(26)27)8-9-16(23-17)24-18(25)15(11-22-24)13-6-4-12(10-21)5-7-13/h4-9,11,25H,1-3H3,(H,26,27). The van der Waals surface area contributed by atoms with Gasteiger partial charge in [0.05, 0.1) is 34.7 Å². The van der Waals surface area contributed by atoms with Gasteiger partial charge >= 0.3 is 5.97 Å². The summed E-state index contributed by atoms with van der Waals surface area (Å²) in [5.74, 6) is -0.848. The van der Waals surface area contributed by atoms with Crippen molar-refractivity contribution in [3.05, 3.63) is 59.4 Å². The van der Waals surface area contributed by atoms with Crippen LogP contribution >= 0.6 is 0 Å². The molecule has 0 amide bonds. The summed E-state index contributed by atoms with van der Waals surface area (Å²) in [5.41, 5.74) is 1.73. The highest BCUT2D eigenvalue weighted by atomic mass is 16.4. The van der Waals surface area contributed by atoms with Gasteiger partial charge < -0.3 is 10.2 Å². The normalized spacial score (nSPS) is 11.2. The van der Waals surface area contributed by atoms with Crippen molar-refractivity contribution in [2.24, 2.45) is 0 Å². The first kappa shape index (κ1) is 18.1. The minimum absolute atomic E-state index is 0.116. The number of aromatic nitrogens is 3. The van der Waals surface area contributed by atoms with E-state index in [1.54, 1.807) is 24.3 Å². The fraction of sp³-hybridized carbons (Fsp3) is 0.200. The molecule has 3 rings (SSSR count). The van der Waals surface area contributed by atoms with E-state index in [4.69, 9.17) is 5.26 Å². The van der Waals surface area contributed by atoms with Crippen molar-refractivity contribution >= 4 is 5.97 Å². The van der Waals surface area contributed by atoms with Crippen LogP contribution in [-0.4, -0.2) is 30.9 Å². The topological polar surface area (TPSA) is 112 Å². The number of carboxylic acid groups (broad SMARTS) is 1. The first-order chi connectivity index (χ1) is 12.7. The number of nitrogens with zero attached hydrogens (tertiary/aromatic N) is 4. The number of carboxylic acids is 1. The van der Waals surface area contributed by atoms with Gasteiger partial charge in [0, 0.05) is 5.41 Å². The molecule has 27 heavy (non-hydrogen) atoms. The summed E-state index contributed by atoms with van der Waals surface area (Å²) in [4.78, 5) is 15.9. The van der Waals surface area contributed by atoms with Crippen molar-refractivity contribution in [1.82, 2.24) is 14.8 Å². The lowest BCUT2D eigenvalue weighted by molar-refractivity contribution is 0.0693. The van der Waals surface area contributed by atoms with Crippen LogP contribution in [0.1, 0.15) is 42.4 Å². The maximum absolute atomic E-state index is 11.5. The van der Waals surface area contributed by atoms with Crippen LogP contribution in [-0.2, 0) is 5.41 Å².